The SMILES string of the molecule is CC(Sc1cccc(NC(=O)c2cccs2)c1)C(=O)Nc1ccc(Cl)c(Cl)c1. The van der Waals surface area contributed by atoms with E-state index >= 15 is 0 Å². The van der Waals surface area contributed by atoms with E-state index < -0.39 is 0 Å². The highest BCUT2D eigenvalue weighted by Crippen LogP contribution is 2.28. The largest absolute Gasteiger partial charge is 0.325 e. The molecule has 2 amide bonds. The molecule has 0 fully saturated rings. The number of anilines is 2. The highest BCUT2D eigenvalue weighted by molar-refractivity contribution is 8.00. The van der Waals surface area contributed by atoms with E-state index in [1.54, 1.807) is 24.3 Å². The van der Waals surface area contributed by atoms with Gasteiger partial charge >= 0.3 is 0 Å². The van der Waals surface area contributed by atoms with Gasteiger partial charge in [-0.3, -0.25) is 9.59 Å². The first kappa shape index (κ1) is 20.7. The number of carbonyl (C=O) groups excluding carboxylic acids is 2. The van der Waals surface area contributed by atoms with Crippen molar-refractivity contribution in [2.75, 3.05) is 10.6 Å². The molecule has 144 valence electrons. The molecular formula is C20H16Cl2N2O2S2. The average Bonchev–Trinajstić information content (AvgIpc) is 3.20. The summed E-state index contributed by atoms with van der Waals surface area (Å²) in [5.74, 6) is -0.307. The summed E-state index contributed by atoms with van der Waals surface area (Å²) in [6.07, 6.45) is 0. The maximum Gasteiger partial charge on any atom is 0.265 e. The molecular weight excluding hydrogens is 435 g/mol. The minimum absolute atomic E-state index is 0.150. The molecule has 0 bridgehead atoms. The number of thiophene rings is 1. The number of rotatable bonds is 6. The number of hydrogen-bond donors (Lipinski definition) is 2. The third-order valence-corrected chi connectivity index (χ3v) is 6.41. The van der Waals surface area contributed by atoms with E-state index in [-0.39, 0.29) is 17.1 Å². The molecule has 0 aliphatic rings. The second-order valence-corrected chi connectivity index (χ2v) is 9.01. The lowest BCUT2D eigenvalue weighted by molar-refractivity contribution is -0.115. The fraction of sp³-hybridized carbons (Fsp3) is 0.100. The standard InChI is InChI=1S/C20H16Cl2N2O2S2/c1-12(19(25)23-14-7-8-16(21)17(22)11-14)28-15-5-2-4-13(10-15)24-20(26)18-6-3-9-27-18/h2-12H,1H3,(H,23,25)(H,24,26). The van der Waals surface area contributed by atoms with Crippen molar-refractivity contribution >= 4 is 69.5 Å². The van der Waals surface area contributed by atoms with Crippen molar-refractivity contribution in [1.29, 1.82) is 0 Å². The summed E-state index contributed by atoms with van der Waals surface area (Å²) in [7, 11) is 0. The number of nitrogens with one attached hydrogen (secondary N) is 2. The monoisotopic (exact) mass is 450 g/mol. The summed E-state index contributed by atoms with van der Waals surface area (Å²) in [4.78, 5) is 26.2. The van der Waals surface area contributed by atoms with Crippen LogP contribution in [-0.2, 0) is 4.79 Å². The number of halogens is 2. The van der Waals surface area contributed by atoms with Gasteiger partial charge in [-0.25, -0.2) is 0 Å². The van der Waals surface area contributed by atoms with Crippen LogP contribution >= 0.6 is 46.3 Å². The molecule has 0 saturated heterocycles. The lowest BCUT2D eigenvalue weighted by atomic mass is 10.3. The molecule has 1 atom stereocenters. The van der Waals surface area contributed by atoms with E-state index in [0.29, 0.717) is 26.3 Å². The number of hydrogen-bond acceptors (Lipinski definition) is 4. The maximum atomic E-state index is 12.5. The highest BCUT2D eigenvalue weighted by Gasteiger charge is 2.16. The van der Waals surface area contributed by atoms with Crippen LogP contribution in [0, 0.1) is 0 Å². The van der Waals surface area contributed by atoms with Gasteiger partial charge in [0, 0.05) is 16.3 Å². The lowest BCUT2D eigenvalue weighted by Crippen LogP contribution is -2.22. The Hall–Kier alpha value is -1.99. The Labute approximate surface area is 181 Å². The Bertz CT molecular complexity index is 994. The van der Waals surface area contributed by atoms with Gasteiger partial charge in [-0.15, -0.1) is 23.1 Å². The fourth-order valence-corrected chi connectivity index (χ4v) is 4.17. The van der Waals surface area contributed by atoms with E-state index in [4.69, 9.17) is 23.2 Å². The molecule has 3 rings (SSSR count). The average molecular weight is 451 g/mol. The number of amides is 2. The fourth-order valence-electron chi connectivity index (χ4n) is 2.32. The van der Waals surface area contributed by atoms with Crippen molar-refractivity contribution in [2.24, 2.45) is 0 Å². The molecule has 2 aromatic carbocycles. The first-order chi connectivity index (χ1) is 13.4. The van der Waals surface area contributed by atoms with Crippen LogP contribution in [0.2, 0.25) is 10.0 Å². The van der Waals surface area contributed by atoms with E-state index in [2.05, 4.69) is 10.6 Å². The van der Waals surface area contributed by atoms with Crippen LogP contribution in [0.5, 0.6) is 0 Å². The van der Waals surface area contributed by atoms with Crippen molar-refractivity contribution in [2.45, 2.75) is 17.1 Å². The Morgan fingerprint density at radius 2 is 1.75 bits per heavy atom. The third kappa shape index (κ3) is 5.52. The van der Waals surface area contributed by atoms with Crippen LogP contribution in [0.4, 0.5) is 11.4 Å². The predicted octanol–water partition coefficient (Wildman–Crippen LogP) is 6.43. The topological polar surface area (TPSA) is 58.2 Å². The van der Waals surface area contributed by atoms with Crippen LogP contribution in [-0.4, -0.2) is 17.1 Å². The van der Waals surface area contributed by atoms with Crippen molar-refractivity contribution < 1.29 is 9.59 Å². The predicted molar refractivity (Wildman–Crippen MR) is 119 cm³/mol. The summed E-state index contributed by atoms with van der Waals surface area (Å²) in [5, 5.41) is 8.02. The maximum absolute atomic E-state index is 12.5. The molecule has 1 unspecified atom stereocenters. The molecule has 0 aliphatic carbocycles. The molecule has 0 radical (unpaired) electrons. The molecule has 0 saturated carbocycles. The molecule has 4 nitrogen and oxygen atoms in total. The molecule has 3 aromatic rings. The summed E-state index contributed by atoms with van der Waals surface area (Å²) in [6, 6.07) is 16.0. The molecule has 28 heavy (non-hydrogen) atoms. The van der Waals surface area contributed by atoms with Crippen LogP contribution in [0.3, 0.4) is 0 Å². The summed E-state index contributed by atoms with van der Waals surface area (Å²) < 4.78 is 0. The van der Waals surface area contributed by atoms with Gasteiger partial charge in [0.15, 0.2) is 0 Å². The van der Waals surface area contributed by atoms with E-state index in [0.717, 1.165) is 4.90 Å². The summed E-state index contributed by atoms with van der Waals surface area (Å²) >= 11 is 14.7. The van der Waals surface area contributed by atoms with Crippen LogP contribution in [0.25, 0.3) is 0 Å². The summed E-state index contributed by atoms with van der Waals surface area (Å²) in [5.41, 5.74) is 1.27. The molecule has 2 N–H and O–H groups in total. The van der Waals surface area contributed by atoms with Gasteiger partial charge in [0.25, 0.3) is 5.91 Å². The normalized spacial score (nSPS) is 11.7. The highest BCUT2D eigenvalue weighted by atomic mass is 35.5. The van der Waals surface area contributed by atoms with Gasteiger partial charge in [0.05, 0.1) is 20.2 Å². The minimum atomic E-state index is -0.349. The van der Waals surface area contributed by atoms with Crippen molar-refractivity contribution in [1.82, 2.24) is 0 Å². The zero-order chi connectivity index (χ0) is 20.1. The number of thioether (sulfide) groups is 1. The quantitative estimate of drug-likeness (QED) is 0.425. The zero-order valence-electron chi connectivity index (χ0n) is 14.7. The van der Waals surface area contributed by atoms with Crippen molar-refractivity contribution in [3.05, 3.63) is 74.9 Å². The van der Waals surface area contributed by atoms with E-state index in [1.807, 2.05) is 42.6 Å². The van der Waals surface area contributed by atoms with Gasteiger partial charge in [0.2, 0.25) is 5.91 Å². The van der Waals surface area contributed by atoms with Gasteiger partial charge < -0.3 is 10.6 Å². The second kappa shape index (κ2) is 9.47. The zero-order valence-corrected chi connectivity index (χ0v) is 17.9. The van der Waals surface area contributed by atoms with Crippen molar-refractivity contribution in [3.8, 4) is 0 Å². The Morgan fingerprint density at radius 3 is 2.46 bits per heavy atom. The van der Waals surface area contributed by atoms with Crippen molar-refractivity contribution in [3.63, 3.8) is 0 Å². The summed E-state index contributed by atoms with van der Waals surface area (Å²) in [6.45, 7) is 1.81. The second-order valence-electron chi connectivity index (χ2n) is 5.84. The first-order valence-corrected chi connectivity index (χ1v) is 10.8. The van der Waals surface area contributed by atoms with Crippen LogP contribution in [0.1, 0.15) is 16.6 Å². The molecule has 1 aromatic heterocycles. The smallest absolute Gasteiger partial charge is 0.265 e. The number of carbonyl (C=O) groups is 2. The van der Waals surface area contributed by atoms with Gasteiger partial charge in [-0.1, -0.05) is 35.3 Å². The van der Waals surface area contributed by atoms with E-state index in [9.17, 15) is 9.59 Å². The molecule has 0 spiro atoms. The lowest BCUT2D eigenvalue weighted by Gasteiger charge is -2.13. The number of benzene rings is 2. The van der Waals surface area contributed by atoms with Crippen LogP contribution in [0.15, 0.2) is 64.9 Å². The Balaban J connectivity index is 1.61. The minimum Gasteiger partial charge on any atom is -0.325 e. The van der Waals surface area contributed by atoms with Crippen LogP contribution < -0.4 is 10.6 Å². The Morgan fingerprint density at radius 1 is 0.964 bits per heavy atom. The van der Waals surface area contributed by atoms with E-state index in [1.165, 1.54) is 23.1 Å². The first-order valence-electron chi connectivity index (χ1n) is 8.30. The Kier molecular flexibility index (Phi) is 7.02. The van der Waals surface area contributed by atoms with Gasteiger partial charge in [0.1, 0.15) is 0 Å². The molecule has 8 heteroatoms. The molecule has 0 aliphatic heterocycles. The third-order valence-electron chi connectivity index (χ3n) is 3.71. The van der Waals surface area contributed by atoms with Gasteiger partial charge in [-0.2, -0.15) is 0 Å². The molecule has 1 heterocycles. The van der Waals surface area contributed by atoms with Gasteiger partial charge in [-0.05, 0) is 54.8 Å².